The van der Waals surface area contributed by atoms with E-state index in [0.29, 0.717) is 18.8 Å². The normalized spacial score (nSPS) is 19.3. The molecule has 1 atom stereocenters. The van der Waals surface area contributed by atoms with Crippen LogP contribution in [0.1, 0.15) is 16.7 Å². The van der Waals surface area contributed by atoms with Crippen LogP contribution in [-0.2, 0) is 10.3 Å². The van der Waals surface area contributed by atoms with Gasteiger partial charge in [0, 0.05) is 46.9 Å². The first kappa shape index (κ1) is 21.7. The van der Waals surface area contributed by atoms with Crippen molar-refractivity contribution < 1.29 is 18.6 Å². The maximum Gasteiger partial charge on any atom is 0.180 e. The summed E-state index contributed by atoms with van der Waals surface area (Å²) in [5.74, 6) is 1.15. The number of anilines is 1. The van der Waals surface area contributed by atoms with E-state index in [1.165, 1.54) is 11.5 Å². The zero-order valence-corrected chi connectivity index (χ0v) is 19.5. The Hall–Kier alpha value is -3.83. The summed E-state index contributed by atoms with van der Waals surface area (Å²) in [6, 6.07) is 24.9. The third-order valence-electron chi connectivity index (χ3n) is 6.93. The van der Waals surface area contributed by atoms with Crippen LogP contribution in [0.2, 0.25) is 0 Å². The topological polar surface area (TPSA) is 30.9 Å². The molecule has 4 aromatic rings. The monoisotopic (exact) mass is 467 g/mol. The smallest absolute Gasteiger partial charge is 0.180 e. The Morgan fingerprint density at radius 2 is 1.60 bits per heavy atom. The molecule has 1 saturated heterocycles. The summed E-state index contributed by atoms with van der Waals surface area (Å²) in [7, 11) is 1.63. The van der Waals surface area contributed by atoms with Crippen molar-refractivity contribution in [3.05, 3.63) is 107 Å². The second-order valence-corrected chi connectivity index (χ2v) is 8.83. The maximum absolute atomic E-state index is 15.3. The molecule has 5 heteroatoms. The van der Waals surface area contributed by atoms with Crippen LogP contribution in [0.15, 0.2) is 84.9 Å². The molecule has 0 N–H and O–H groups in total. The Kier molecular flexibility index (Phi) is 5.42. The van der Waals surface area contributed by atoms with Gasteiger partial charge in [0.2, 0.25) is 0 Å². The van der Waals surface area contributed by atoms with Crippen molar-refractivity contribution in [1.29, 1.82) is 0 Å². The first-order valence-corrected chi connectivity index (χ1v) is 11.9. The SMILES string of the molecule is COc1ccc(C2(c3ccccc3F)C=Cc3c(cc(N4CCOCC4)c4ccccc34)O2)cc1. The predicted octanol–water partition coefficient (Wildman–Crippen LogP) is 6.17. The summed E-state index contributed by atoms with van der Waals surface area (Å²) in [6.07, 6.45) is 4.04. The van der Waals surface area contributed by atoms with Gasteiger partial charge in [0.15, 0.2) is 5.60 Å². The van der Waals surface area contributed by atoms with Crippen molar-refractivity contribution in [3.63, 3.8) is 0 Å². The summed E-state index contributed by atoms with van der Waals surface area (Å²) in [6.45, 7) is 3.01. The maximum atomic E-state index is 15.3. The first-order valence-electron chi connectivity index (χ1n) is 11.9. The number of fused-ring (bicyclic) bond motifs is 3. The highest BCUT2D eigenvalue weighted by Crippen LogP contribution is 2.47. The summed E-state index contributed by atoms with van der Waals surface area (Å²) < 4.78 is 33.1. The lowest BCUT2D eigenvalue weighted by Gasteiger charge is -2.38. The lowest BCUT2D eigenvalue weighted by molar-refractivity contribution is 0.122. The molecule has 0 amide bonds. The Balaban J connectivity index is 1.56. The van der Waals surface area contributed by atoms with Gasteiger partial charge in [-0.1, -0.05) is 54.6 Å². The fourth-order valence-electron chi connectivity index (χ4n) is 5.14. The molecule has 4 nitrogen and oxygen atoms in total. The standard InChI is InChI=1S/C30H26FNO3/c1-33-22-12-10-21(11-13-22)30(26-8-4-5-9-27(26)31)15-14-25-23-6-2-3-7-24(23)28(20-29(25)35-30)32-16-18-34-19-17-32/h2-15,20H,16-19H2,1H3. The molecule has 2 heterocycles. The van der Waals surface area contributed by atoms with Crippen molar-refractivity contribution in [2.45, 2.75) is 5.60 Å². The lowest BCUT2D eigenvalue weighted by Crippen LogP contribution is -2.37. The highest BCUT2D eigenvalue weighted by Gasteiger charge is 2.40. The second kappa shape index (κ2) is 8.75. The minimum Gasteiger partial charge on any atom is -0.497 e. The van der Waals surface area contributed by atoms with E-state index < -0.39 is 5.60 Å². The first-order chi connectivity index (χ1) is 17.2. The van der Waals surface area contributed by atoms with Crippen LogP contribution in [-0.4, -0.2) is 33.4 Å². The van der Waals surface area contributed by atoms with E-state index in [0.717, 1.165) is 46.8 Å². The van der Waals surface area contributed by atoms with Crippen LogP contribution in [0, 0.1) is 5.82 Å². The molecule has 1 unspecified atom stereocenters. The summed E-state index contributed by atoms with van der Waals surface area (Å²) in [5.41, 5.74) is 2.28. The quantitative estimate of drug-likeness (QED) is 0.359. The number of ether oxygens (including phenoxy) is 3. The number of hydrogen-bond donors (Lipinski definition) is 0. The third-order valence-corrected chi connectivity index (χ3v) is 6.93. The van der Waals surface area contributed by atoms with E-state index in [1.807, 2.05) is 42.5 Å². The molecule has 2 aliphatic rings. The highest BCUT2D eigenvalue weighted by molar-refractivity contribution is 6.02. The molecular weight excluding hydrogens is 441 g/mol. The van der Waals surface area contributed by atoms with Crippen molar-refractivity contribution in [2.24, 2.45) is 0 Å². The summed E-state index contributed by atoms with van der Waals surface area (Å²) in [4.78, 5) is 2.34. The number of rotatable bonds is 4. The van der Waals surface area contributed by atoms with Gasteiger partial charge in [0.25, 0.3) is 0 Å². The molecule has 35 heavy (non-hydrogen) atoms. The zero-order valence-electron chi connectivity index (χ0n) is 19.5. The molecule has 1 fully saturated rings. The van der Waals surface area contributed by atoms with Gasteiger partial charge in [0.1, 0.15) is 17.3 Å². The fraction of sp³-hybridized carbons (Fsp3) is 0.200. The minimum atomic E-state index is -1.12. The molecule has 4 aromatic carbocycles. The Morgan fingerprint density at radius 3 is 2.34 bits per heavy atom. The van der Waals surface area contributed by atoms with E-state index in [9.17, 15) is 0 Å². The Labute approximate surface area is 204 Å². The van der Waals surface area contributed by atoms with E-state index in [-0.39, 0.29) is 5.82 Å². The average molecular weight is 468 g/mol. The summed E-state index contributed by atoms with van der Waals surface area (Å²) >= 11 is 0. The Bertz CT molecular complexity index is 1410. The molecule has 0 aliphatic carbocycles. The molecule has 0 radical (unpaired) electrons. The van der Waals surface area contributed by atoms with Crippen LogP contribution in [0.3, 0.4) is 0 Å². The van der Waals surface area contributed by atoms with Crippen molar-refractivity contribution >= 4 is 22.5 Å². The number of hydrogen-bond acceptors (Lipinski definition) is 4. The van der Waals surface area contributed by atoms with E-state index in [2.05, 4.69) is 35.2 Å². The van der Waals surface area contributed by atoms with Gasteiger partial charge < -0.3 is 19.1 Å². The van der Waals surface area contributed by atoms with E-state index in [1.54, 1.807) is 19.2 Å². The van der Waals surface area contributed by atoms with Crippen molar-refractivity contribution in [3.8, 4) is 11.5 Å². The van der Waals surface area contributed by atoms with Gasteiger partial charge >= 0.3 is 0 Å². The fourth-order valence-corrected chi connectivity index (χ4v) is 5.14. The van der Waals surface area contributed by atoms with Crippen LogP contribution in [0.5, 0.6) is 11.5 Å². The number of nitrogens with zero attached hydrogens (tertiary/aromatic N) is 1. The Morgan fingerprint density at radius 1 is 0.886 bits per heavy atom. The van der Waals surface area contributed by atoms with Gasteiger partial charge in [0.05, 0.1) is 20.3 Å². The minimum absolute atomic E-state index is 0.314. The molecule has 0 aromatic heterocycles. The third kappa shape index (κ3) is 3.63. The largest absolute Gasteiger partial charge is 0.497 e. The average Bonchev–Trinajstić information content (AvgIpc) is 2.93. The van der Waals surface area contributed by atoms with Gasteiger partial charge in [-0.2, -0.15) is 0 Å². The molecular formula is C30H26FNO3. The highest BCUT2D eigenvalue weighted by atomic mass is 19.1. The zero-order chi connectivity index (χ0) is 23.8. The number of methoxy groups -OCH3 is 1. The van der Waals surface area contributed by atoms with E-state index in [4.69, 9.17) is 14.2 Å². The van der Waals surface area contributed by atoms with Gasteiger partial charge in [-0.25, -0.2) is 4.39 Å². The van der Waals surface area contributed by atoms with Crippen LogP contribution >= 0.6 is 0 Å². The van der Waals surface area contributed by atoms with Gasteiger partial charge in [-0.15, -0.1) is 0 Å². The van der Waals surface area contributed by atoms with Crippen molar-refractivity contribution in [1.82, 2.24) is 0 Å². The van der Waals surface area contributed by atoms with Gasteiger partial charge in [-0.3, -0.25) is 0 Å². The van der Waals surface area contributed by atoms with Crippen LogP contribution < -0.4 is 14.4 Å². The molecule has 176 valence electrons. The number of morpholine rings is 1. The second-order valence-electron chi connectivity index (χ2n) is 8.83. The van der Waals surface area contributed by atoms with E-state index >= 15 is 4.39 Å². The number of benzene rings is 4. The van der Waals surface area contributed by atoms with Crippen LogP contribution in [0.25, 0.3) is 16.8 Å². The molecule has 6 rings (SSSR count). The predicted molar refractivity (Wildman–Crippen MR) is 137 cm³/mol. The lowest BCUT2D eigenvalue weighted by atomic mass is 9.82. The molecule has 2 aliphatic heterocycles. The molecule has 0 bridgehead atoms. The van der Waals surface area contributed by atoms with Gasteiger partial charge in [-0.05, 0) is 35.7 Å². The molecule has 0 spiro atoms. The van der Waals surface area contributed by atoms with Crippen molar-refractivity contribution in [2.75, 3.05) is 38.3 Å². The van der Waals surface area contributed by atoms with Crippen LogP contribution in [0.4, 0.5) is 10.1 Å². The number of halogens is 1. The molecule has 0 saturated carbocycles. The summed E-state index contributed by atoms with van der Waals surface area (Å²) in [5, 5.41) is 2.28.